The Bertz CT molecular complexity index is 538. The first-order valence-electron chi connectivity index (χ1n) is 5.76. The highest BCUT2D eigenvalue weighted by atomic mass is 19.4. The van der Waals surface area contributed by atoms with Crippen LogP contribution in [0.2, 0.25) is 0 Å². The third kappa shape index (κ3) is 8.39. The Hall–Kier alpha value is -2.80. The summed E-state index contributed by atoms with van der Waals surface area (Å²) in [6.45, 7) is 0.836. The fourth-order valence-electron chi connectivity index (χ4n) is 0.989. The molecule has 1 aromatic carbocycles. The van der Waals surface area contributed by atoms with Crippen molar-refractivity contribution in [2.24, 2.45) is 5.73 Å². The number of carbonyl (C=O) groups is 2. The van der Waals surface area contributed by atoms with E-state index in [1.807, 2.05) is 6.07 Å². The van der Waals surface area contributed by atoms with Crippen molar-refractivity contribution in [3.8, 4) is 6.07 Å². The molecule has 0 atom stereocenters. The zero-order chi connectivity index (χ0) is 17.2. The van der Waals surface area contributed by atoms with Crippen molar-refractivity contribution in [3.63, 3.8) is 0 Å². The fraction of sp³-hybridized carbons (Fsp3) is 0.250. The molecule has 0 radical (unpaired) electrons. The number of nitrogens with two attached hydrogens (primary N) is 1. The highest BCUT2D eigenvalue weighted by Crippen LogP contribution is 2.13. The van der Waals surface area contributed by atoms with Gasteiger partial charge in [0.05, 0.1) is 11.6 Å². The van der Waals surface area contributed by atoms with Gasteiger partial charge < -0.3 is 21.5 Å². The molecule has 7 nitrogen and oxygen atoms in total. The number of urea groups is 1. The molecule has 0 aliphatic rings. The second-order valence-electron chi connectivity index (χ2n) is 3.66. The molecule has 2 amide bonds. The van der Waals surface area contributed by atoms with Crippen molar-refractivity contribution in [3.05, 3.63) is 29.8 Å². The van der Waals surface area contributed by atoms with E-state index in [1.165, 1.54) is 0 Å². The van der Waals surface area contributed by atoms with Crippen LogP contribution < -0.4 is 16.4 Å². The van der Waals surface area contributed by atoms with Crippen LogP contribution in [0.4, 0.5) is 23.7 Å². The number of carboxylic acids is 1. The molecule has 0 spiro atoms. The molecule has 22 heavy (non-hydrogen) atoms. The van der Waals surface area contributed by atoms with Gasteiger partial charge in [-0.1, -0.05) is 0 Å². The molecule has 0 bridgehead atoms. The number of aliphatic carboxylic acids is 1. The Morgan fingerprint density at radius 3 is 2.14 bits per heavy atom. The molecule has 0 saturated heterocycles. The van der Waals surface area contributed by atoms with Crippen molar-refractivity contribution in [2.45, 2.75) is 6.18 Å². The second-order valence-corrected chi connectivity index (χ2v) is 3.66. The van der Waals surface area contributed by atoms with Gasteiger partial charge in [0.25, 0.3) is 0 Å². The van der Waals surface area contributed by atoms with Gasteiger partial charge in [-0.3, -0.25) is 0 Å². The van der Waals surface area contributed by atoms with Gasteiger partial charge in [-0.15, -0.1) is 0 Å². The minimum atomic E-state index is -5.08. The van der Waals surface area contributed by atoms with E-state index in [1.54, 1.807) is 24.3 Å². The third-order valence-corrected chi connectivity index (χ3v) is 1.94. The molecule has 0 heterocycles. The second kappa shape index (κ2) is 9.19. The van der Waals surface area contributed by atoms with Crippen molar-refractivity contribution in [1.82, 2.24) is 5.32 Å². The third-order valence-electron chi connectivity index (χ3n) is 1.94. The zero-order valence-electron chi connectivity index (χ0n) is 11.1. The molecule has 5 N–H and O–H groups in total. The van der Waals surface area contributed by atoms with E-state index in [4.69, 9.17) is 20.9 Å². The van der Waals surface area contributed by atoms with Gasteiger partial charge in [-0.2, -0.15) is 18.4 Å². The summed E-state index contributed by atoms with van der Waals surface area (Å²) in [6, 6.07) is 8.31. The standard InChI is InChI=1S/C10H12N4O.C2HF3O2/c11-5-6-13-10(15)14-9-3-1-8(7-12)2-4-9;3-2(4,5)1(6)7/h1-4H,5-6,11H2,(H2,13,14,15);(H,6,7). The summed E-state index contributed by atoms with van der Waals surface area (Å²) in [4.78, 5) is 20.1. The predicted octanol–water partition coefficient (Wildman–Crippen LogP) is 1.27. The molecule has 1 rings (SSSR count). The summed E-state index contributed by atoms with van der Waals surface area (Å²) in [6.07, 6.45) is -5.08. The van der Waals surface area contributed by atoms with Crippen molar-refractivity contribution < 1.29 is 27.9 Å². The first-order chi connectivity index (χ1) is 10.2. The van der Waals surface area contributed by atoms with Crippen molar-refractivity contribution >= 4 is 17.7 Å². The Labute approximate surface area is 123 Å². The summed E-state index contributed by atoms with van der Waals surface area (Å²) in [7, 11) is 0. The molecule has 120 valence electrons. The monoisotopic (exact) mass is 318 g/mol. The molecule has 0 saturated carbocycles. The minimum absolute atomic E-state index is 0.301. The van der Waals surface area contributed by atoms with E-state index in [-0.39, 0.29) is 6.03 Å². The van der Waals surface area contributed by atoms with Crippen molar-refractivity contribution in [2.75, 3.05) is 18.4 Å². The number of carbonyl (C=O) groups excluding carboxylic acids is 1. The Balaban J connectivity index is 0.000000534. The number of carboxylic acid groups (broad SMARTS) is 1. The maximum atomic E-state index is 11.2. The molecule has 0 fully saturated rings. The number of benzene rings is 1. The molecule has 0 aliphatic heterocycles. The highest BCUT2D eigenvalue weighted by Gasteiger charge is 2.38. The lowest BCUT2D eigenvalue weighted by Gasteiger charge is -2.05. The number of alkyl halides is 3. The van der Waals surface area contributed by atoms with E-state index in [2.05, 4.69) is 10.6 Å². The van der Waals surface area contributed by atoms with E-state index in [0.29, 0.717) is 24.3 Å². The van der Waals surface area contributed by atoms with Gasteiger partial charge in [0.2, 0.25) is 0 Å². The van der Waals surface area contributed by atoms with E-state index >= 15 is 0 Å². The van der Waals surface area contributed by atoms with Crippen LogP contribution in [0, 0.1) is 11.3 Å². The molecule has 0 aliphatic carbocycles. The van der Waals surface area contributed by atoms with Crippen LogP contribution in [0.1, 0.15) is 5.56 Å². The van der Waals surface area contributed by atoms with E-state index in [9.17, 15) is 18.0 Å². The van der Waals surface area contributed by atoms with Crippen LogP contribution in [0.3, 0.4) is 0 Å². The number of halogens is 3. The summed E-state index contributed by atoms with van der Waals surface area (Å²) in [5.74, 6) is -2.76. The van der Waals surface area contributed by atoms with Crippen LogP contribution in [0.25, 0.3) is 0 Å². The molecular formula is C12H13F3N4O3. The number of rotatable bonds is 3. The number of nitrogens with one attached hydrogen (secondary N) is 2. The lowest BCUT2D eigenvalue weighted by atomic mass is 10.2. The topological polar surface area (TPSA) is 128 Å². The number of amides is 2. The summed E-state index contributed by atoms with van der Waals surface area (Å²) < 4.78 is 31.7. The maximum Gasteiger partial charge on any atom is 0.490 e. The van der Waals surface area contributed by atoms with Gasteiger partial charge in [0, 0.05) is 18.8 Å². The molecular weight excluding hydrogens is 305 g/mol. The first kappa shape index (κ1) is 19.2. The van der Waals surface area contributed by atoms with Crippen LogP contribution in [0.15, 0.2) is 24.3 Å². The number of anilines is 1. The van der Waals surface area contributed by atoms with Crippen molar-refractivity contribution in [1.29, 1.82) is 5.26 Å². The Morgan fingerprint density at radius 2 is 1.77 bits per heavy atom. The molecule has 1 aromatic rings. The highest BCUT2D eigenvalue weighted by molar-refractivity contribution is 5.89. The summed E-state index contributed by atoms with van der Waals surface area (Å²) >= 11 is 0. The van der Waals surface area contributed by atoms with Crippen LogP contribution in [-0.2, 0) is 4.79 Å². The summed E-state index contributed by atoms with van der Waals surface area (Å²) in [5.41, 5.74) is 6.43. The van der Waals surface area contributed by atoms with E-state index < -0.39 is 12.1 Å². The normalized spacial score (nSPS) is 9.77. The fourth-order valence-corrected chi connectivity index (χ4v) is 0.989. The largest absolute Gasteiger partial charge is 0.490 e. The van der Waals surface area contributed by atoms with Crippen LogP contribution in [-0.4, -0.2) is 36.4 Å². The smallest absolute Gasteiger partial charge is 0.475 e. The average Bonchev–Trinajstić information content (AvgIpc) is 2.45. The predicted molar refractivity (Wildman–Crippen MR) is 70.9 cm³/mol. The van der Waals surface area contributed by atoms with Gasteiger partial charge >= 0.3 is 18.2 Å². The van der Waals surface area contributed by atoms with Crippen LogP contribution in [0.5, 0.6) is 0 Å². The first-order valence-corrected chi connectivity index (χ1v) is 5.76. The maximum absolute atomic E-state index is 11.2. The summed E-state index contributed by atoms with van der Waals surface area (Å²) in [5, 5.41) is 20.9. The number of hydrogen-bond acceptors (Lipinski definition) is 4. The van der Waals surface area contributed by atoms with Gasteiger partial charge in [-0.05, 0) is 24.3 Å². The average molecular weight is 318 g/mol. The number of nitriles is 1. The van der Waals surface area contributed by atoms with E-state index in [0.717, 1.165) is 0 Å². The number of nitrogens with zero attached hydrogens (tertiary/aromatic N) is 1. The number of hydrogen-bond donors (Lipinski definition) is 4. The minimum Gasteiger partial charge on any atom is -0.475 e. The lowest BCUT2D eigenvalue weighted by molar-refractivity contribution is -0.192. The Kier molecular flexibility index (Phi) is 8.02. The van der Waals surface area contributed by atoms with Crippen LogP contribution >= 0.6 is 0 Å². The van der Waals surface area contributed by atoms with Gasteiger partial charge in [0.15, 0.2) is 0 Å². The molecule has 0 unspecified atom stereocenters. The quantitative estimate of drug-likeness (QED) is 0.667. The molecule has 0 aromatic heterocycles. The lowest BCUT2D eigenvalue weighted by Crippen LogP contribution is -2.32. The SMILES string of the molecule is N#Cc1ccc(NC(=O)NCCN)cc1.O=C(O)C(F)(F)F. The Morgan fingerprint density at radius 1 is 1.27 bits per heavy atom. The molecule has 10 heteroatoms. The van der Waals surface area contributed by atoms with Gasteiger partial charge in [0.1, 0.15) is 0 Å². The van der Waals surface area contributed by atoms with Gasteiger partial charge in [-0.25, -0.2) is 9.59 Å². The zero-order valence-corrected chi connectivity index (χ0v) is 11.1.